The normalized spacial score (nSPS) is 9.79. The minimum absolute atomic E-state index is 0. The van der Waals surface area contributed by atoms with Crippen LogP contribution in [0.25, 0.3) is 0 Å². The minimum Gasteiger partial charge on any atom is -0.184 e. The second-order valence-electron chi connectivity index (χ2n) is 4.89. The molecule has 0 aliphatic heterocycles. The van der Waals surface area contributed by atoms with Crippen molar-refractivity contribution < 1.29 is 14.6 Å². The van der Waals surface area contributed by atoms with Crippen molar-refractivity contribution in [3.05, 3.63) is 133 Å². The van der Waals surface area contributed by atoms with Gasteiger partial charge in [-0.15, -0.1) is 6.42 Å². The van der Waals surface area contributed by atoms with Crippen molar-refractivity contribution in [2.75, 3.05) is 0 Å². The van der Waals surface area contributed by atoms with E-state index in [9.17, 15) is 0 Å². The molecule has 3 aromatic carbocycles. The van der Waals surface area contributed by atoms with Crippen LogP contribution in [0.5, 0.6) is 0 Å². The van der Waals surface area contributed by atoms with Crippen LogP contribution in [0.1, 0.15) is 19.8 Å². The van der Waals surface area contributed by atoms with Crippen LogP contribution in [0.15, 0.2) is 109 Å². The van der Waals surface area contributed by atoms with Gasteiger partial charge >= 0.3 is 24.8 Å². The van der Waals surface area contributed by atoms with Gasteiger partial charge in [0.25, 0.3) is 0 Å². The fraction of sp³-hybridized carbons (Fsp3) is 0.120. The van der Waals surface area contributed by atoms with Gasteiger partial charge in [0.05, 0.1) is 0 Å². The minimum atomic E-state index is 0. The fourth-order valence-corrected chi connectivity index (χ4v) is 1.72. The Labute approximate surface area is 187 Å². The van der Waals surface area contributed by atoms with Crippen molar-refractivity contribution in [3.63, 3.8) is 0 Å². The largest absolute Gasteiger partial charge is 0.184 e. The molecule has 0 saturated heterocycles. The molecular weight excluding hydrogens is 425 g/mol. The molecule has 0 amide bonds. The van der Waals surface area contributed by atoms with Crippen molar-refractivity contribution in [3.8, 4) is 0 Å². The monoisotopic (exact) mass is 451 g/mol. The Kier molecular flexibility index (Phi) is 25.9. The molecule has 0 radical (unpaired) electrons. The van der Waals surface area contributed by atoms with Crippen LogP contribution in [0.2, 0.25) is 0 Å². The van der Waals surface area contributed by atoms with Crippen LogP contribution in [0.3, 0.4) is 0 Å². The average molecular weight is 453 g/mol. The van der Waals surface area contributed by atoms with Crippen LogP contribution >= 0.6 is 20.1 Å². The molecular formula is C25H27ClNiP-4. The zero-order valence-corrected chi connectivity index (χ0v) is 19.3. The topological polar surface area (TPSA) is 0 Å². The van der Waals surface area contributed by atoms with Gasteiger partial charge in [0.1, 0.15) is 0 Å². The number of hydrogen-bond acceptors (Lipinski definition) is 0. The molecule has 0 N–H and O–H groups in total. The van der Waals surface area contributed by atoms with E-state index < -0.39 is 0 Å². The maximum Gasteiger partial charge on any atom is -0.171 e. The van der Waals surface area contributed by atoms with Crippen molar-refractivity contribution in [2.45, 2.75) is 19.8 Å². The predicted octanol–water partition coefficient (Wildman–Crippen LogP) is 7.29. The smallest absolute Gasteiger partial charge is 0.171 e. The van der Waals surface area contributed by atoms with E-state index in [-0.39, 0.29) is 9.90 Å². The quantitative estimate of drug-likeness (QED) is 0.207. The first-order chi connectivity index (χ1) is 13.4. The number of benzene rings is 3. The Hall–Kier alpha value is -1.65. The summed E-state index contributed by atoms with van der Waals surface area (Å²) in [5, 5.41) is 0. The van der Waals surface area contributed by atoms with E-state index in [0.29, 0.717) is 0 Å². The molecule has 0 saturated carbocycles. The zero-order valence-electron chi connectivity index (χ0n) is 16.1. The maximum absolute atomic E-state index is 4.26. The summed E-state index contributed by atoms with van der Waals surface area (Å²) in [5.74, 6) is 0. The molecule has 3 aromatic rings. The van der Waals surface area contributed by atoms with Gasteiger partial charge in [0, 0.05) is 0 Å². The summed E-state index contributed by atoms with van der Waals surface area (Å²) in [6.45, 7) is 2.15. The molecule has 1 aliphatic carbocycles. The average Bonchev–Trinajstić information content (AvgIpc) is 3.34. The van der Waals surface area contributed by atoms with Crippen LogP contribution in [0, 0.1) is 24.3 Å². The third-order valence-corrected chi connectivity index (χ3v) is 2.97. The summed E-state index contributed by atoms with van der Waals surface area (Å²) in [6.07, 6.45) is 9.65. The van der Waals surface area contributed by atoms with E-state index in [0.717, 1.165) is 12.8 Å². The summed E-state index contributed by atoms with van der Waals surface area (Å²) in [5.41, 5.74) is 1.36. The Bertz CT molecular complexity index is 516. The zero-order chi connectivity index (χ0) is 19.8. The van der Waals surface area contributed by atoms with Gasteiger partial charge in [-0.1, -0.05) is 13.3 Å². The first-order valence-electron chi connectivity index (χ1n) is 8.55. The number of rotatable bonds is 1. The number of hydrogen-bond donors (Lipinski definition) is 0. The summed E-state index contributed by atoms with van der Waals surface area (Å²) >= 11 is 3.35. The Morgan fingerprint density at radius 1 is 0.714 bits per heavy atom. The van der Waals surface area contributed by atoms with E-state index in [1.54, 1.807) is 0 Å². The summed E-state index contributed by atoms with van der Waals surface area (Å²) < 4.78 is 0. The molecule has 3 heteroatoms. The molecule has 0 spiro atoms. The van der Waals surface area contributed by atoms with Crippen LogP contribution in [-0.4, -0.2) is 0 Å². The van der Waals surface area contributed by atoms with Crippen LogP contribution in [0.4, 0.5) is 0 Å². The standard InChI is InChI=1S/C7H9.3C6H5.ClH.Ni.H3P/c1-2-7-5-3-4-6-7;3*1-2-4-6-5-3-1;;;/h3,5H,2,4H2,1H3;3*1-5H;1H;;1H3/q4*-1;;+1;/p-1. The SMILES string of the molecule is CCC1=[C-]CC=C1.P.[Cl][Ni].[c-]1ccccc1.[c-]1ccccc1.[c-]1ccccc1. The molecule has 28 heavy (non-hydrogen) atoms. The number of allylic oxidation sites excluding steroid dienone is 4. The molecule has 0 fully saturated rings. The molecule has 4 rings (SSSR count). The first-order valence-corrected chi connectivity index (χ1v) is 9.90. The molecule has 153 valence electrons. The summed E-state index contributed by atoms with van der Waals surface area (Å²) in [7, 11) is 4.26. The van der Waals surface area contributed by atoms with Crippen molar-refractivity contribution >= 4 is 20.1 Å². The molecule has 0 heterocycles. The van der Waals surface area contributed by atoms with E-state index in [4.69, 9.17) is 0 Å². The Morgan fingerprint density at radius 3 is 1.18 bits per heavy atom. The van der Waals surface area contributed by atoms with Crippen molar-refractivity contribution in [1.29, 1.82) is 0 Å². The van der Waals surface area contributed by atoms with Crippen molar-refractivity contribution in [1.82, 2.24) is 0 Å². The van der Waals surface area contributed by atoms with Gasteiger partial charge < -0.3 is 0 Å². The van der Waals surface area contributed by atoms with E-state index >= 15 is 0 Å². The molecule has 0 nitrogen and oxygen atoms in total. The van der Waals surface area contributed by atoms with Crippen molar-refractivity contribution in [2.24, 2.45) is 0 Å². The third-order valence-electron chi connectivity index (χ3n) is 2.97. The second kappa shape index (κ2) is 25.4. The molecule has 0 bridgehead atoms. The van der Waals surface area contributed by atoms with Crippen LogP contribution in [-0.2, 0) is 14.6 Å². The molecule has 1 unspecified atom stereocenters. The van der Waals surface area contributed by atoms with Crippen LogP contribution < -0.4 is 0 Å². The number of halogens is 1. The first kappa shape index (κ1) is 28.6. The maximum atomic E-state index is 4.26. The second-order valence-corrected chi connectivity index (χ2v) is 4.89. The molecule has 0 aromatic heterocycles. The fourth-order valence-electron chi connectivity index (χ4n) is 1.72. The third kappa shape index (κ3) is 20.7. The molecule has 1 atom stereocenters. The summed E-state index contributed by atoms with van der Waals surface area (Å²) in [4.78, 5) is 0. The predicted molar refractivity (Wildman–Crippen MR) is 124 cm³/mol. The summed E-state index contributed by atoms with van der Waals surface area (Å²) in [6, 6.07) is 37.5. The Balaban J connectivity index is 0. The van der Waals surface area contributed by atoms with Gasteiger partial charge in [0.15, 0.2) is 0 Å². The van der Waals surface area contributed by atoms with E-state index in [1.165, 1.54) is 5.57 Å². The van der Waals surface area contributed by atoms with Gasteiger partial charge in [-0.2, -0.15) is 125 Å². The van der Waals surface area contributed by atoms with Gasteiger partial charge in [-0.05, 0) is 0 Å². The molecule has 1 aliphatic rings. The Morgan fingerprint density at radius 2 is 1.07 bits per heavy atom. The van der Waals surface area contributed by atoms with Gasteiger partial charge in [-0.25, -0.2) is 11.6 Å². The van der Waals surface area contributed by atoms with Gasteiger partial charge in [-0.3, -0.25) is 6.08 Å². The van der Waals surface area contributed by atoms with E-state index in [2.05, 4.69) is 68.1 Å². The van der Waals surface area contributed by atoms with E-state index in [1.807, 2.05) is 91.0 Å². The van der Waals surface area contributed by atoms with Gasteiger partial charge in [0.2, 0.25) is 0 Å².